The van der Waals surface area contributed by atoms with Crippen LogP contribution in [0.15, 0.2) is 22.7 Å². The molecule has 1 fully saturated rings. The molecule has 0 radical (unpaired) electrons. The zero-order chi connectivity index (χ0) is 15.4. The summed E-state index contributed by atoms with van der Waals surface area (Å²) in [7, 11) is 0. The van der Waals surface area contributed by atoms with Crippen LogP contribution >= 0.6 is 15.9 Å². The number of nitrogens with two attached hydrogens (primary N) is 1. The Morgan fingerprint density at radius 3 is 2.67 bits per heavy atom. The van der Waals surface area contributed by atoms with Crippen LogP contribution in [0.1, 0.15) is 50.3 Å². The van der Waals surface area contributed by atoms with Crippen LogP contribution in [0.5, 0.6) is 0 Å². The van der Waals surface area contributed by atoms with Crippen molar-refractivity contribution in [3.63, 3.8) is 0 Å². The molecule has 118 valence electrons. The lowest BCUT2D eigenvalue weighted by molar-refractivity contribution is 0.204. The highest BCUT2D eigenvalue weighted by Crippen LogP contribution is 2.30. The van der Waals surface area contributed by atoms with Crippen molar-refractivity contribution in [1.82, 2.24) is 4.90 Å². The van der Waals surface area contributed by atoms with Crippen LogP contribution in [0.25, 0.3) is 0 Å². The second-order valence-electron chi connectivity index (χ2n) is 6.73. The van der Waals surface area contributed by atoms with Gasteiger partial charge in [-0.2, -0.15) is 0 Å². The van der Waals surface area contributed by atoms with E-state index in [4.69, 9.17) is 5.73 Å². The number of hydrogen-bond donors (Lipinski definition) is 1. The van der Waals surface area contributed by atoms with Crippen molar-refractivity contribution in [2.24, 2.45) is 17.6 Å². The molecule has 1 saturated heterocycles. The molecule has 2 nitrogen and oxygen atoms in total. The molecule has 0 amide bonds. The third kappa shape index (κ3) is 4.30. The van der Waals surface area contributed by atoms with Gasteiger partial charge < -0.3 is 5.73 Å². The molecule has 21 heavy (non-hydrogen) atoms. The average Bonchev–Trinajstić information content (AvgIpc) is 2.70. The van der Waals surface area contributed by atoms with Gasteiger partial charge in [0.2, 0.25) is 0 Å². The molecule has 0 aliphatic carbocycles. The lowest BCUT2D eigenvalue weighted by atomic mass is 9.89. The van der Waals surface area contributed by atoms with E-state index < -0.39 is 0 Å². The molecule has 2 atom stereocenters. The van der Waals surface area contributed by atoms with Gasteiger partial charge in [-0.15, -0.1) is 0 Å². The van der Waals surface area contributed by atoms with Gasteiger partial charge in [-0.1, -0.05) is 41.9 Å². The molecule has 0 saturated carbocycles. The van der Waals surface area contributed by atoms with Crippen molar-refractivity contribution in [3.05, 3.63) is 33.8 Å². The van der Waals surface area contributed by atoms with Crippen molar-refractivity contribution < 1.29 is 0 Å². The minimum absolute atomic E-state index is 0.354. The van der Waals surface area contributed by atoms with Crippen molar-refractivity contribution >= 4 is 15.9 Å². The molecular formula is C18H29BrN2. The number of rotatable bonds is 4. The van der Waals surface area contributed by atoms with Gasteiger partial charge in [-0.05, 0) is 68.3 Å². The second kappa shape index (κ2) is 7.75. The molecule has 1 aliphatic heterocycles. The molecule has 1 aliphatic rings. The van der Waals surface area contributed by atoms with Gasteiger partial charge in [-0.3, -0.25) is 4.90 Å². The van der Waals surface area contributed by atoms with Gasteiger partial charge >= 0.3 is 0 Å². The highest BCUT2D eigenvalue weighted by Gasteiger charge is 2.24. The Morgan fingerprint density at radius 1 is 1.29 bits per heavy atom. The fourth-order valence-electron chi connectivity index (χ4n) is 3.44. The number of benzene rings is 1. The topological polar surface area (TPSA) is 29.3 Å². The quantitative estimate of drug-likeness (QED) is 0.863. The van der Waals surface area contributed by atoms with Crippen LogP contribution in [-0.4, -0.2) is 24.5 Å². The molecule has 0 spiro atoms. The number of hydrogen-bond acceptors (Lipinski definition) is 2. The summed E-state index contributed by atoms with van der Waals surface area (Å²) in [5.41, 5.74) is 8.74. The lowest BCUT2D eigenvalue weighted by Crippen LogP contribution is -2.34. The molecule has 1 aromatic carbocycles. The number of likely N-dealkylation sites (tertiary alicyclic amines) is 1. The van der Waals surface area contributed by atoms with E-state index in [1.807, 2.05) is 0 Å². The van der Waals surface area contributed by atoms with Crippen LogP contribution in [0.2, 0.25) is 0 Å². The maximum atomic E-state index is 6.11. The Kier molecular flexibility index (Phi) is 6.27. The molecule has 2 rings (SSSR count). The van der Waals surface area contributed by atoms with Crippen LogP contribution in [0.4, 0.5) is 0 Å². The molecule has 0 bridgehead atoms. The summed E-state index contributed by atoms with van der Waals surface area (Å²) in [6, 6.07) is 7.03. The minimum Gasteiger partial charge on any atom is -0.329 e. The zero-order valence-corrected chi connectivity index (χ0v) is 15.2. The number of aryl methyl sites for hydroxylation is 1. The predicted octanol–water partition coefficient (Wildman–Crippen LogP) is 4.52. The first-order chi connectivity index (χ1) is 10.0. The normalized spacial score (nSPS) is 22.3. The fraction of sp³-hybridized carbons (Fsp3) is 0.667. The van der Waals surface area contributed by atoms with Gasteiger partial charge in [0, 0.05) is 17.1 Å². The van der Waals surface area contributed by atoms with Crippen molar-refractivity contribution in [1.29, 1.82) is 0 Å². The maximum absolute atomic E-state index is 6.11. The van der Waals surface area contributed by atoms with E-state index in [9.17, 15) is 0 Å². The molecular weight excluding hydrogens is 324 g/mol. The summed E-state index contributed by atoms with van der Waals surface area (Å²) in [6.45, 7) is 9.90. The summed E-state index contributed by atoms with van der Waals surface area (Å²) in [5, 5.41) is 0. The summed E-state index contributed by atoms with van der Waals surface area (Å²) >= 11 is 3.65. The third-order valence-electron chi connectivity index (χ3n) is 4.99. The zero-order valence-electron chi connectivity index (χ0n) is 13.6. The van der Waals surface area contributed by atoms with Gasteiger partial charge in [0.25, 0.3) is 0 Å². The standard InChI is InChI=1S/C18H29BrN2/c1-13(2)15-5-4-9-21(10-8-15)18(12-20)16-7-6-14(3)17(19)11-16/h6-7,11,13,15,18H,4-5,8-10,12,20H2,1-3H3. The fourth-order valence-corrected chi connectivity index (χ4v) is 3.83. The number of nitrogens with zero attached hydrogens (tertiary/aromatic N) is 1. The Bertz CT molecular complexity index is 459. The second-order valence-corrected chi connectivity index (χ2v) is 7.59. The van der Waals surface area contributed by atoms with Crippen LogP contribution in [0, 0.1) is 18.8 Å². The maximum Gasteiger partial charge on any atom is 0.0470 e. The third-order valence-corrected chi connectivity index (χ3v) is 5.85. The first kappa shape index (κ1) is 17.0. The van der Waals surface area contributed by atoms with E-state index in [2.05, 4.69) is 59.8 Å². The van der Waals surface area contributed by atoms with E-state index in [1.54, 1.807) is 0 Å². The predicted molar refractivity (Wildman–Crippen MR) is 94.4 cm³/mol. The first-order valence-corrected chi connectivity index (χ1v) is 9.02. The number of halogens is 1. The Morgan fingerprint density at radius 2 is 2.05 bits per heavy atom. The smallest absolute Gasteiger partial charge is 0.0470 e. The molecule has 2 N–H and O–H groups in total. The van der Waals surface area contributed by atoms with Crippen molar-refractivity contribution in [2.75, 3.05) is 19.6 Å². The lowest BCUT2D eigenvalue weighted by Gasteiger charge is -2.30. The molecule has 1 aromatic rings. The van der Waals surface area contributed by atoms with E-state index in [-0.39, 0.29) is 0 Å². The molecule has 0 aromatic heterocycles. The molecule has 1 heterocycles. The Hall–Kier alpha value is -0.380. The van der Waals surface area contributed by atoms with Gasteiger partial charge in [0.05, 0.1) is 0 Å². The van der Waals surface area contributed by atoms with Gasteiger partial charge in [0.1, 0.15) is 0 Å². The van der Waals surface area contributed by atoms with E-state index in [1.165, 1.54) is 48.0 Å². The summed E-state index contributed by atoms with van der Waals surface area (Å²) in [4.78, 5) is 2.60. The highest BCUT2D eigenvalue weighted by atomic mass is 79.9. The average molecular weight is 353 g/mol. The van der Waals surface area contributed by atoms with E-state index in [0.29, 0.717) is 12.6 Å². The van der Waals surface area contributed by atoms with E-state index in [0.717, 1.165) is 11.8 Å². The first-order valence-electron chi connectivity index (χ1n) is 8.23. The van der Waals surface area contributed by atoms with Gasteiger partial charge in [0.15, 0.2) is 0 Å². The highest BCUT2D eigenvalue weighted by molar-refractivity contribution is 9.10. The van der Waals surface area contributed by atoms with Gasteiger partial charge in [-0.25, -0.2) is 0 Å². The minimum atomic E-state index is 0.354. The SMILES string of the molecule is Cc1ccc(C(CN)N2CCCC(C(C)C)CC2)cc1Br. The summed E-state index contributed by atoms with van der Waals surface area (Å²) in [6.07, 6.45) is 3.97. The Labute approximate surface area is 138 Å². The molecule has 2 unspecified atom stereocenters. The van der Waals surface area contributed by atoms with Crippen LogP contribution < -0.4 is 5.73 Å². The Balaban J connectivity index is 2.11. The van der Waals surface area contributed by atoms with Crippen molar-refractivity contribution in [2.45, 2.75) is 46.1 Å². The largest absolute Gasteiger partial charge is 0.329 e. The molecule has 3 heteroatoms. The van der Waals surface area contributed by atoms with Crippen LogP contribution in [-0.2, 0) is 0 Å². The van der Waals surface area contributed by atoms with Crippen LogP contribution in [0.3, 0.4) is 0 Å². The van der Waals surface area contributed by atoms with E-state index >= 15 is 0 Å². The summed E-state index contributed by atoms with van der Waals surface area (Å²) < 4.78 is 1.19. The van der Waals surface area contributed by atoms with Crippen molar-refractivity contribution in [3.8, 4) is 0 Å². The summed E-state index contributed by atoms with van der Waals surface area (Å²) in [5.74, 6) is 1.67. The monoisotopic (exact) mass is 352 g/mol.